The van der Waals surface area contributed by atoms with Gasteiger partial charge >= 0.3 is 0 Å². The Labute approximate surface area is 145 Å². The van der Waals surface area contributed by atoms with Crippen LogP contribution in [0.25, 0.3) is 11.3 Å². The Balaban J connectivity index is 0.00000192. The number of hydrogen-bond donors (Lipinski definition) is 2. The third kappa shape index (κ3) is 4.09. The first-order valence-electron chi connectivity index (χ1n) is 7.30. The lowest BCUT2D eigenvalue weighted by molar-refractivity contribution is -0.118. The SMILES string of the molecule is COCC(N)C(=O)Nc1nc(-c2ccc3c(c2)CCC3)cs1.Cl. The summed E-state index contributed by atoms with van der Waals surface area (Å²) in [4.78, 5) is 16.3. The van der Waals surface area contributed by atoms with E-state index < -0.39 is 6.04 Å². The number of nitrogens with two attached hydrogens (primary N) is 1. The summed E-state index contributed by atoms with van der Waals surface area (Å²) in [6, 6.07) is 5.81. The third-order valence-electron chi connectivity index (χ3n) is 3.81. The number of methoxy groups -OCH3 is 1. The summed E-state index contributed by atoms with van der Waals surface area (Å²) in [7, 11) is 1.52. The van der Waals surface area contributed by atoms with Crippen molar-refractivity contribution in [3.63, 3.8) is 0 Å². The second-order valence-electron chi connectivity index (χ2n) is 5.43. The van der Waals surface area contributed by atoms with E-state index >= 15 is 0 Å². The number of amides is 1. The smallest absolute Gasteiger partial charge is 0.245 e. The van der Waals surface area contributed by atoms with Crippen molar-refractivity contribution < 1.29 is 9.53 Å². The molecule has 1 aromatic heterocycles. The Morgan fingerprint density at radius 2 is 2.22 bits per heavy atom. The van der Waals surface area contributed by atoms with Crippen LogP contribution in [0.1, 0.15) is 17.5 Å². The lowest BCUT2D eigenvalue weighted by atomic mass is 10.1. The predicted molar refractivity (Wildman–Crippen MR) is 95.3 cm³/mol. The molecule has 0 radical (unpaired) electrons. The van der Waals surface area contributed by atoms with Gasteiger partial charge in [-0.15, -0.1) is 23.7 Å². The number of benzene rings is 1. The lowest BCUT2D eigenvalue weighted by Gasteiger charge is -2.08. The highest BCUT2D eigenvalue weighted by molar-refractivity contribution is 7.14. The fraction of sp³-hybridized carbons (Fsp3) is 0.375. The van der Waals surface area contributed by atoms with Crippen molar-refractivity contribution in [1.82, 2.24) is 4.98 Å². The fourth-order valence-electron chi connectivity index (χ4n) is 2.65. The van der Waals surface area contributed by atoms with Crippen LogP contribution in [0.4, 0.5) is 5.13 Å². The minimum Gasteiger partial charge on any atom is -0.383 e. The normalized spacial score (nSPS) is 14.0. The molecule has 1 aliphatic rings. The summed E-state index contributed by atoms with van der Waals surface area (Å²) in [5.74, 6) is -0.281. The van der Waals surface area contributed by atoms with Crippen molar-refractivity contribution in [3.8, 4) is 11.3 Å². The first-order chi connectivity index (χ1) is 10.7. The fourth-order valence-corrected chi connectivity index (χ4v) is 3.37. The Morgan fingerprint density at radius 1 is 1.43 bits per heavy atom. The summed E-state index contributed by atoms with van der Waals surface area (Å²) >= 11 is 1.40. The summed E-state index contributed by atoms with van der Waals surface area (Å²) < 4.78 is 4.88. The average Bonchev–Trinajstić information content (AvgIpc) is 3.15. The van der Waals surface area contributed by atoms with Gasteiger partial charge in [-0.2, -0.15) is 0 Å². The van der Waals surface area contributed by atoms with Gasteiger partial charge < -0.3 is 15.8 Å². The third-order valence-corrected chi connectivity index (χ3v) is 4.57. The topological polar surface area (TPSA) is 77.2 Å². The number of nitrogens with one attached hydrogen (secondary N) is 1. The van der Waals surface area contributed by atoms with E-state index in [0.717, 1.165) is 17.7 Å². The standard InChI is InChI=1S/C16H19N3O2S.ClH/c1-21-8-13(17)15(20)19-16-18-14(9-22-16)12-6-5-10-3-2-4-11(10)7-12;/h5-7,9,13H,2-4,8,17H2,1H3,(H,18,19,20);1H. The Morgan fingerprint density at radius 3 is 3.00 bits per heavy atom. The van der Waals surface area contributed by atoms with Crippen LogP contribution >= 0.6 is 23.7 Å². The first kappa shape index (κ1) is 17.9. The van der Waals surface area contributed by atoms with Crippen LogP contribution in [0.2, 0.25) is 0 Å². The van der Waals surface area contributed by atoms with Crippen molar-refractivity contribution in [3.05, 3.63) is 34.7 Å². The van der Waals surface area contributed by atoms with Gasteiger partial charge in [-0.25, -0.2) is 4.98 Å². The molecule has 0 spiro atoms. The predicted octanol–water partition coefficient (Wildman–Crippen LogP) is 2.63. The van der Waals surface area contributed by atoms with Gasteiger partial charge in [0.2, 0.25) is 5.91 Å². The second kappa shape index (κ2) is 7.88. The van der Waals surface area contributed by atoms with Crippen LogP contribution < -0.4 is 11.1 Å². The van der Waals surface area contributed by atoms with Gasteiger partial charge in [-0.05, 0) is 36.5 Å². The molecule has 3 N–H and O–H groups in total. The van der Waals surface area contributed by atoms with Crippen LogP contribution in [0.3, 0.4) is 0 Å². The molecule has 124 valence electrons. The number of anilines is 1. The maximum atomic E-state index is 11.9. The molecule has 1 unspecified atom stereocenters. The van der Waals surface area contributed by atoms with Crippen molar-refractivity contribution in [2.45, 2.75) is 25.3 Å². The zero-order valence-corrected chi connectivity index (χ0v) is 14.5. The Kier molecular flexibility index (Phi) is 6.12. The summed E-state index contributed by atoms with van der Waals surface area (Å²) in [5, 5.41) is 5.25. The minimum atomic E-state index is -0.683. The van der Waals surface area contributed by atoms with Crippen LogP contribution in [0.5, 0.6) is 0 Å². The molecule has 2 aromatic rings. The number of rotatable bonds is 5. The number of ether oxygens (including phenoxy) is 1. The van der Waals surface area contributed by atoms with Crippen LogP contribution in [-0.2, 0) is 22.4 Å². The molecule has 23 heavy (non-hydrogen) atoms. The van der Waals surface area contributed by atoms with Crippen molar-refractivity contribution in [2.24, 2.45) is 5.73 Å². The van der Waals surface area contributed by atoms with Crippen LogP contribution in [0, 0.1) is 0 Å². The number of carbonyl (C=O) groups excluding carboxylic acids is 1. The number of fused-ring (bicyclic) bond motifs is 1. The number of halogens is 1. The molecule has 0 bridgehead atoms. The molecule has 0 saturated carbocycles. The van der Waals surface area contributed by atoms with Gasteiger partial charge in [0.05, 0.1) is 12.3 Å². The zero-order chi connectivity index (χ0) is 15.5. The molecular formula is C16H20ClN3O2S. The molecule has 1 aromatic carbocycles. The molecule has 0 saturated heterocycles. The molecule has 5 nitrogen and oxygen atoms in total. The van der Waals surface area contributed by atoms with E-state index in [4.69, 9.17) is 10.5 Å². The highest BCUT2D eigenvalue weighted by Gasteiger charge is 2.16. The van der Waals surface area contributed by atoms with E-state index in [9.17, 15) is 4.79 Å². The number of carbonyl (C=O) groups is 1. The van der Waals surface area contributed by atoms with Crippen molar-refractivity contribution >= 4 is 34.8 Å². The largest absolute Gasteiger partial charge is 0.383 e. The zero-order valence-electron chi connectivity index (χ0n) is 12.9. The van der Waals surface area contributed by atoms with Crippen molar-refractivity contribution in [2.75, 3.05) is 19.0 Å². The average molecular weight is 354 g/mol. The maximum absolute atomic E-state index is 11.9. The maximum Gasteiger partial charge on any atom is 0.245 e. The highest BCUT2D eigenvalue weighted by Crippen LogP contribution is 2.30. The van der Waals surface area contributed by atoms with Gasteiger partial charge in [0.15, 0.2) is 5.13 Å². The molecular weight excluding hydrogens is 334 g/mol. The van der Waals surface area contributed by atoms with E-state index in [0.29, 0.717) is 5.13 Å². The Hall–Kier alpha value is -1.47. The Bertz CT molecular complexity index is 690. The van der Waals surface area contributed by atoms with Gasteiger partial charge in [0.1, 0.15) is 6.04 Å². The van der Waals surface area contributed by atoms with Crippen LogP contribution in [0.15, 0.2) is 23.6 Å². The van der Waals surface area contributed by atoms with Crippen LogP contribution in [-0.4, -0.2) is 30.6 Å². The molecule has 7 heteroatoms. The van der Waals surface area contributed by atoms with E-state index in [1.165, 1.54) is 42.4 Å². The molecule has 0 aliphatic heterocycles. The van der Waals surface area contributed by atoms with Gasteiger partial charge in [-0.3, -0.25) is 4.79 Å². The molecule has 0 fully saturated rings. The molecule has 3 rings (SSSR count). The van der Waals surface area contributed by atoms with Gasteiger partial charge in [-0.1, -0.05) is 12.1 Å². The summed E-state index contributed by atoms with van der Waals surface area (Å²) in [5.41, 5.74) is 10.5. The number of aryl methyl sites for hydroxylation is 2. The quantitative estimate of drug-likeness (QED) is 0.866. The molecule has 1 amide bonds. The summed E-state index contributed by atoms with van der Waals surface area (Å²) in [6.07, 6.45) is 3.54. The minimum absolute atomic E-state index is 0. The molecule has 1 heterocycles. The van der Waals surface area contributed by atoms with E-state index in [-0.39, 0.29) is 24.9 Å². The number of nitrogens with zero attached hydrogens (tertiary/aromatic N) is 1. The number of aromatic nitrogens is 1. The number of thiazole rings is 1. The monoisotopic (exact) mass is 353 g/mol. The summed E-state index contributed by atoms with van der Waals surface area (Å²) in [6.45, 7) is 0.189. The number of hydrogen-bond acceptors (Lipinski definition) is 5. The lowest BCUT2D eigenvalue weighted by Crippen LogP contribution is -2.39. The van der Waals surface area contributed by atoms with E-state index in [1.54, 1.807) is 0 Å². The first-order valence-corrected chi connectivity index (χ1v) is 8.18. The molecule has 1 atom stereocenters. The van der Waals surface area contributed by atoms with Crippen molar-refractivity contribution in [1.29, 1.82) is 0 Å². The van der Waals surface area contributed by atoms with Gasteiger partial charge in [0.25, 0.3) is 0 Å². The van der Waals surface area contributed by atoms with E-state index in [1.807, 2.05) is 5.38 Å². The van der Waals surface area contributed by atoms with Gasteiger partial charge in [0, 0.05) is 18.1 Å². The highest BCUT2D eigenvalue weighted by atomic mass is 35.5. The second-order valence-corrected chi connectivity index (χ2v) is 6.28. The molecule has 1 aliphatic carbocycles. The van der Waals surface area contributed by atoms with E-state index in [2.05, 4.69) is 28.5 Å².